The third-order valence-electron chi connectivity index (χ3n) is 3.70. The summed E-state index contributed by atoms with van der Waals surface area (Å²) in [5.41, 5.74) is 4.10. The summed E-state index contributed by atoms with van der Waals surface area (Å²) >= 11 is 0. The fraction of sp³-hybridized carbons (Fsp3) is 0.917. The summed E-state index contributed by atoms with van der Waals surface area (Å²) in [7, 11) is 0. The van der Waals surface area contributed by atoms with Gasteiger partial charge in [-0.1, -0.05) is 0 Å². The number of carbonyl (C=O) groups is 1. The molecule has 0 saturated carbocycles. The van der Waals surface area contributed by atoms with E-state index in [1.165, 1.54) is 0 Å². The fourth-order valence-corrected chi connectivity index (χ4v) is 2.45. The van der Waals surface area contributed by atoms with Gasteiger partial charge in [-0.25, -0.2) is 0 Å². The number of amides is 1. The van der Waals surface area contributed by atoms with Gasteiger partial charge >= 0.3 is 6.18 Å². The summed E-state index contributed by atoms with van der Waals surface area (Å²) in [6, 6.07) is 0.311. The van der Waals surface area contributed by atoms with Crippen LogP contribution in [0.15, 0.2) is 0 Å². The van der Waals surface area contributed by atoms with Crippen molar-refractivity contribution in [2.75, 3.05) is 19.6 Å². The van der Waals surface area contributed by atoms with Crippen LogP contribution in [0.3, 0.4) is 0 Å². The van der Waals surface area contributed by atoms with E-state index < -0.39 is 24.2 Å². The second kappa shape index (κ2) is 6.09. The van der Waals surface area contributed by atoms with E-state index in [0.717, 1.165) is 6.54 Å². The smallest absolute Gasteiger partial charge is 0.368 e. The maximum absolute atomic E-state index is 12.3. The molecule has 1 rings (SSSR count). The van der Waals surface area contributed by atoms with Gasteiger partial charge in [0.25, 0.3) is 0 Å². The highest BCUT2D eigenvalue weighted by atomic mass is 19.4. The molecule has 3 N–H and O–H groups in total. The third kappa shape index (κ3) is 4.65. The number of nitrogens with one attached hydrogen (secondary N) is 1. The van der Waals surface area contributed by atoms with Crippen molar-refractivity contribution in [3.8, 4) is 0 Å². The zero-order valence-electron chi connectivity index (χ0n) is 11.4. The molecule has 4 nitrogen and oxygen atoms in total. The van der Waals surface area contributed by atoms with Crippen LogP contribution in [0, 0.1) is 0 Å². The van der Waals surface area contributed by atoms with Crippen LogP contribution in [-0.4, -0.2) is 48.2 Å². The van der Waals surface area contributed by atoms with Crippen LogP contribution in [0.1, 0.15) is 33.1 Å². The third-order valence-corrected chi connectivity index (χ3v) is 3.70. The Morgan fingerprint density at radius 2 is 2.00 bits per heavy atom. The number of nitrogens with zero attached hydrogens (tertiary/aromatic N) is 1. The Hall–Kier alpha value is -0.820. The number of alkyl halides is 3. The Balaban J connectivity index is 2.74. The molecule has 1 fully saturated rings. The van der Waals surface area contributed by atoms with Gasteiger partial charge in [-0.05, 0) is 39.7 Å². The lowest BCUT2D eigenvalue weighted by Crippen LogP contribution is -2.58. The Labute approximate surface area is 111 Å². The second-order valence-electron chi connectivity index (χ2n) is 5.40. The maximum atomic E-state index is 12.3. The standard InChI is InChI=1S/C12H22F3N3O/c1-9(2)18-6-3-4-11(5-7-18,10(16)19)17-8-12(13,14)15/h9,17H,3-8H2,1-2H3,(H2,16,19). The van der Waals surface area contributed by atoms with Crippen molar-refractivity contribution in [3.63, 3.8) is 0 Å². The minimum absolute atomic E-state index is 0.311. The van der Waals surface area contributed by atoms with Crippen molar-refractivity contribution in [2.45, 2.75) is 50.9 Å². The molecule has 0 aromatic rings. The first-order chi connectivity index (χ1) is 8.66. The highest BCUT2D eigenvalue weighted by Crippen LogP contribution is 2.25. The van der Waals surface area contributed by atoms with Crippen molar-refractivity contribution in [2.24, 2.45) is 5.73 Å². The van der Waals surface area contributed by atoms with E-state index in [1.807, 2.05) is 13.8 Å². The predicted octanol–water partition coefficient (Wildman–Crippen LogP) is 1.26. The average molecular weight is 281 g/mol. The molecular formula is C12H22F3N3O. The Bertz CT molecular complexity index is 320. The van der Waals surface area contributed by atoms with Crippen LogP contribution < -0.4 is 11.1 Å². The number of likely N-dealkylation sites (tertiary alicyclic amines) is 1. The van der Waals surface area contributed by atoms with Gasteiger partial charge in [-0.2, -0.15) is 13.2 Å². The van der Waals surface area contributed by atoms with E-state index in [-0.39, 0.29) is 0 Å². The zero-order valence-corrected chi connectivity index (χ0v) is 11.4. The van der Waals surface area contributed by atoms with Crippen molar-refractivity contribution < 1.29 is 18.0 Å². The van der Waals surface area contributed by atoms with Crippen LogP contribution in [0.2, 0.25) is 0 Å². The highest BCUT2D eigenvalue weighted by Gasteiger charge is 2.41. The van der Waals surface area contributed by atoms with Crippen molar-refractivity contribution in [1.82, 2.24) is 10.2 Å². The molecule has 19 heavy (non-hydrogen) atoms. The summed E-state index contributed by atoms with van der Waals surface area (Å²) < 4.78 is 37.0. The lowest BCUT2D eigenvalue weighted by molar-refractivity contribution is -0.136. The van der Waals surface area contributed by atoms with Crippen molar-refractivity contribution >= 4 is 5.91 Å². The Morgan fingerprint density at radius 3 is 2.47 bits per heavy atom. The minimum Gasteiger partial charge on any atom is -0.368 e. The quantitative estimate of drug-likeness (QED) is 0.815. The minimum atomic E-state index is -4.34. The first-order valence-corrected chi connectivity index (χ1v) is 6.52. The molecule has 0 bridgehead atoms. The van der Waals surface area contributed by atoms with Gasteiger partial charge in [-0.15, -0.1) is 0 Å². The van der Waals surface area contributed by atoms with Crippen LogP contribution in [0.4, 0.5) is 13.2 Å². The molecular weight excluding hydrogens is 259 g/mol. The number of rotatable bonds is 4. The van der Waals surface area contributed by atoms with Crippen LogP contribution in [0.25, 0.3) is 0 Å². The van der Waals surface area contributed by atoms with E-state index in [4.69, 9.17) is 5.73 Å². The number of carbonyl (C=O) groups excluding carboxylic acids is 1. The van der Waals surface area contributed by atoms with Gasteiger partial charge < -0.3 is 10.6 Å². The van der Waals surface area contributed by atoms with Crippen molar-refractivity contribution in [1.29, 1.82) is 0 Å². The number of primary amides is 1. The normalized spacial score (nSPS) is 26.4. The number of halogens is 3. The summed E-state index contributed by atoms with van der Waals surface area (Å²) in [5, 5.41) is 2.35. The molecule has 0 radical (unpaired) electrons. The lowest BCUT2D eigenvalue weighted by Gasteiger charge is -2.31. The fourth-order valence-electron chi connectivity index (χ4n) is 2.45. The van der Waals surface area contributed by atoms with Gasteiger partial charge in [-0.3, -0.25) is 10.1 Å². The molecule has 1 unspecified atom stereocenters. The molecule has 1 aliphatic heterocycles. The summed E-state index contributed by atoms with van der Waals surface area (Å²) in [6.07, 6.45) is -3.02. The van der Waals surface area contributed by atoms with Gasteiger partial charge in [0.1, 0.15) is 0 Å². The number of nitrogens with two attached hydrogens (primary N) is 1. The molecule has 1 amide bonds. The molecule has 1 aliphatic rings. The van der Waals surface area contributed by atoms with E-state index >= 15 is 0 Å². The van der Waals surface area contributed by atoms with Gasteiger partial charge in [0.15, 0.2) is 0 Å². The molecule has 1 atom stereocenters. The summed E-state index contributed by atoms with van der Waals surface area (Å²) in [5.74, 6) is -0.692. The van der Waals surface area contributed by atoms with E-state index in [2.05, 4.69) is 10.2 Å². The average Bonchev–Trinajstić information content (AvgIpc) is 2.48. The van der Waals surface area contributed by atoms with Gasteiger partial charge in [0.05, 0.1) is 12.1 Å². The predicted molar refractivity (Wildman–Crippen MR) is 66.5 cm³/mol. The molecule has 112 valence electrons. The summed E-state index contributed by atoms with van der Waals surface area (Å²) in [4.78, 5) is 13.7. The van der Waals surface area contributed by atoms with Crippen molar-refractivity contribution in [3.05, 3.63) is 0 Å². The van der Waals surface area contributed by atoms with E-state index in [9.17, 15) is 18.0 Å². The Kier molecular flexibility index (Phi) is 5.20. The molecule has 7 heteroatoms. The molecule has 1 saturated heterocycles. The maximum Gasteiger partial charge on any atom is 0.401 e. The molecule has 0 aromatic carbocycles. The summed E-state index contributed by atoms with van der Waals surface area (Å²) in [6.45, 7) is 4.23. The number of hydrogen-bond donors (Lipinski definition) is 2. The van der Waals surface area contributed by atoms with E-state index in [1.54, 1.807) is 0 Å². The first-order valence-electron chi connectivity index (χ1n) is 6.52. The second-order valence-corrected chi connectivity index (χ2v) is 5.40. The largest absolute Gasteiger partial charge is 0.401 e. The topological polar surface area (TPSA) is 58.4 Å². The van der Waals surface area contributed by atoms with Crippen LogP contribution >= 0.6 is 0 Å². The lowest BCUT2D eigenvalue weighted by atomic mass is 9.89. The molecule has 0 aliphatic carbocycles. The zero-order chi connectivity index (χ0) is 14.7. The highest BCUT2D eigenvalue weighted by molar-refractivity contribution is 5.84. The van der Waals surface area contributed by atoms with Crippen LogP contribution in [-0.2, 0) is 4.79 Å². The van der Waals surface area contributed by atoms with E-state index in [0.29, 0.717) is 31.8 Å². The van der Waals surface area contributed by atoms with Gasteiger partial charge in [0, 0.05) is 12.6 Å². The number of hydrogen-bond acceptors (Lipinski definition) is 3. The first kappa shape index (κ1) is 16.2. The van der Waals surface area contributed by atoms with Crippen LogP contribution in [0.5, 0.6) is 0 Å². The molecule has 0 aromatic heterocycles. The Morgan fingerprint density at radius 1 is 1.37 bits per heavy atom. The SMILES string of the molecule is CC(C)N1CCCC(NCC(F)(F)F)(C(N)=O)CC1. The van der Waals surface area contributed by atoms with Gasteiger partial charge in [0.2, 0.25) is 5.91 Å². The molecule has 1 heterocycles. The molecule has 0 spiro atoms. The monoisotopic (exact) mass is 281 g/mol.